The van der Waals surface area contributed by atoms with Crippen molar-refractivity contribution >= 4 is 22.4 Å². The molecule has 2 N–H and O–H groups in total. The van der Waals surface area contributed by atoms with E-state index in [1.54, 1.807) is 12.3 Å². The van der Waals surface area contributed by atoms with Crippen LogP contribution in [0.3, 0.4) is 0 Å². The fourth-order valence-electron chi connectivity index (χ4n) is 1.90. The van der Waals surface area contributed by atoms with Crippen molar-refractivity contribution in [2.24, 2.45) is 0 Å². The van der Waals surface area contributed by atoms with Crippen LogP contribution in [0.4, 0.5) is 9.52 Å². The topological polar surface area (TPSA) is 54.0 Å². The van der Waals surface area contributed by atoms with E-state index in [4.69, 9.17) is 0 Å². The third kappa shape index (κ3) is 5.24. The molecule has 0 aliphatic carbocycles. The molecule has 0 bridgehead atoms. The molecule has 0 unspecified atom stereocenters. The number of hydrogen-bond donors (Lipinski definition) is 2. The molecule has 2 aromatic rings. The van der Waals surface area contributed by atoms with E-state index in [2.05, 4.69) is 15.6 Å². The van der Waals surface area contributed by atoms with Gasteiger partial charge in [-0.25, -0.2) is 9.37 Å². The molecule has 0 saturated carbocycles. The fourth-order valence-corrected chi connectivity index (χ4v) is 2.77. The van der Waals surface area contributed by atoms with Crippen molar-refractivity contribution in [2.45, 2.75) is 19.3 Å². The van der Waals surface area contributed by atoms with Crippen LogP contribution in [0, 0.1) is 5.82 Å². The molecule has 0 aliphatic heterocycles. The van der Waals surface area contributed by atoms with E-state index in [1.807, 2.05) is 13.1 Å². The van der Waals surface area contributed by atoms with E-state index in [9.17, 15) is 9.18 Å². The van der Waals surface area contributed by atoms with Gasteiger partial charge in [0.1, 0.15) is 5.82 Å². The highest BCUT2D eigenvalue weighted by Crippen LogP contribution is 2.21. The van der Waals surface area contributed by atoms with Crippen molar-refractivity contribution < 1.29 is 9.18 Å². The zero-order chi connectivity index (χ0) is 15.1. The summed E-state index contributed by atoms with van der Waals surface area (Å²) in [6, 6.07) is 6.50. The highest BCUT2D eigenvalue weighted by molar-refractivity contribution is 7.15. The molecule has 1 amide bonds. The van der Waals surface area contributed by atoms with Crippen molar-refractivity contribution in [2.75, 3.05) is 18.9 Å². The van der Waals surface area contributed by atoms with E-state index in [-0.39, 0.29) is 11.7 Å². The van der Waals surface area contributed by atoms with E-state index < -0.39 is 0 Å². The second kappa shape index (κ2) is 7.85. The Labute approximate surface area is 127 Å². The van der Waals surface area contributed by atoms with Gasteiger partial charge < -0.3 is 10.6 Å². The highest BCUT2D eigenvalue weighted by Gasteiger charge is 2.07. The zero-order valence-electron chi connectivity index (χ0n) is 11.9. The second-order valence-electron chi connectivity index (χ2n) is 4.69. The fraction of sp³-hybridized carbons (Fsp3) is 0.333. The summed E-state index contributed by atoms with van der Waals surface area (Å²) in [5.74, 6) is -0.271. The maximum atomic E-state index is 13.1. The number of amides is 1. The lowest BCUT2D eigenvalue weighted by atomic mass is 10.1. The quantitative estimate of drug-likeness (QED) is 0.773. The van der Waals surface area contributed by atoms with Crippen LogP contribution < -0.4 is 10.6 Å². The Hall–Kier alpha value is -1.79. The van der Waals surface area contributed by atoms with Crippen LogP contribution in [0.25, 0.3) is 0 Å². The lowest BCUT2D eigenvalue weighted by Gasteiger charge is -2.01. The molecule has 0 atom stereocenters. The van der Waals surface area contributed by atoms with Gasteiger partial charge in [-0.05, 0) is 37.7 Å². The Balaban J connectivity index is 1.88. The molecule has 112 valence electrons. The minimum absolute atomic E-state index is 0.0306. The number of carbonyl (C=O) groups is 1. The molecule has 21 heavy (non-hydrogen) atoms. The Morgan fingerprint density at radius 2 is 2.29 bits per heavy atom. The van der Waals surface area contributed by atoms with Crippen LogP contribution in [0.15, 0.2) is 30.5 Å². The van der Waals surface area contributed by atoms with Crippen molar-refractivity contribution in [3.8, 4) is 0 Å². The van der Waals surface area contributed by atoms with Gasteiger partial charge >= 0.3 is 0 Å². The Morgan fingerprint density at radius 3 is 3.05 bits per heavy atom. The van der Waals surface area contributed by atoms with Crippen molar-refractivity contribution in [3.05, 3.63) is 46.7 Å². The minimum atomic E-state index is -0.241. The Morgan fingerprint density at radius 1 is 1.43 bits per heavy atom. The van der Waals surface area contributed by atoms with Gasteiger partial charge in [0.05, 0.1) is 0 Å². The number of anilines is 1. The maximum absolute atomic E-state index is 13.1. The number of nitrogens with zero attached hydrogens (tertiary/aromatic N) is 1. The monoisotopic (exact) mass is 307 g/mol. The van der Waals surface area contributed by atoms with Gasteiger partial charge in [-0.15, -0.1) is 11.3 Å². The SMILES string of the molecule is CNCCCC(=O)Nc1ncc(Cc2cccc(F)c2)s1. The molecule has 0 saturated heterocycles. The molecule has 1 heterocycles. The Bertz CT molecular complexity index is 600. The van der Waals surface area contributed by atoms with Crippen LogP contribution in [-0.4, -0.2) is 24.5 Å². The van der Waals surface area contributed by atoms with Crippen LogP contribution in [0.5, 0.6) is 0 Å². The predicted octanol–water partition coefficient (Wildman–Crippen LogP) is 2.81. The molecule has 1 aromatic heterocycles. The maximum Gasteiger partial charge on any atom is 0.226 e. The molecule has 2 rings (SSSR count). The number of halogens is 1. The smallest absolute Gasteiger partial charge is 0.226 e. The first-order valence-corrected chi connectivity index (χ1v) is 7.62. The number of hydrogen-bond acceptors (Lipinski definition) is 4. The molecule has 6 heteroatoms. The highest BCUT2D eigenvalue weighted by atomic mass is 32.1. The lowest BCUT2D eigenvalue weighted by molar-refractivity contribution is -0.116. The molecule has 0 aliphatic rings. The van der Waals surface area contributed by atoms with E-state index >= 15 is 0 Å². The average Bonchev–Trinajstić information content (AvgIpc) is 2.86. The summed E-state index contributed by atoms with van der Waals surface area (Å²) in [5, 5.41) is 6.38. The number of aromatic nitrogens is 1. The molecule has 0 radical (unpaired) electrons. The normalized spacial score (nSPS) is 10.6. The van der Waals surface area contributed by atoms with Gasteiger partial charge in [-0.3, -0.25) is 4.79 Å². The van der Waals surface area contributed by atoms with Gasteiger partial charge in [0, 0.05) is 23.9 Å². The first kappa shape index (κ1) is 15.6. The van der Waals surface area contributed by atoms with Crippen molar-refractivity contribution in [1.29, 1.82) is 0 Å². The van der Waals surface area contributed by atoms with Crippen molar-refractivity contribution in [1.82, 2.24) is 10.3 Å². The summed E-state index contributed by atoms with van der Waals surface area (Å²) in [4.78, 5) is 16.8. The number of nitrogens with one attached hydrogen (secondary N) is 2. The molecule has 0 spiro atoms. The summed E-state index contributed by atoms with van der Waals surface area (Å²) >= 11 is 1.42. The van der Waals surface area contributed by atoms with E-state index in [0.29, 0.717) is 18.0 Å². The predicted molar refractivity (Wildman–Crippen MR) is 83.1 cm³/mol. The summed E-state index contributed by atoms with van der Waals surface area (Å²) in [6.45, 7) is 0.816. The second-order valence-corrected chi connectivity index (χ2v) is 5.81. The van der Waals surface area contributed by atoms with E-state index in [1.165, 1.54) is 23.5 Å². The van der Waals surface area contributed by atoms with Gasteiger partial charge in [-0.2, -0.15) is 0 Å². The number of benzene rings is 1. The summed E-state index contributed by atoms with van der Waals surface area (Å²) in [6.07, 6.45) is 3.60. The summed E-state index contributed by atoms with van der Waals surface area (Å²) in [7, 11) is 1.86. The van der Waals surface area contributed by atoms with Crippen molar-refractivity contribution in [3.63, 3.8) is 0 Å². The molecular weight excluding hydrogens is 289 g/mol. The summed E-state index contributed by atoms with van der Waals surface area (Å²) in [5.41, 5.74) is 0.894. The third-order valence-corrected chi connectivity index (χ3v) is 3.81. The third-order valence-electron chi connectivity index (χ3n) is 2.90. The minimum Gasteiger partial charge on any atom is -0.320 e. The van der Waals surface area contributed by atoms with E-state index in [0.717, 1.165) is 23.4 Å². The number of thiazole rings is 1. The standard InChI is InChI=1S/C15H18FN3OS/c1-17-7-3-6-14(20)19-15-18-10-13(21-15)9-11-4-2-5-12(16)8-11/h2,4-5,8,10,17H,3,6-7,9H2,1H3,(H,18,19,20). The Kier molecular flexibility index (Phi) is 5.83. The van der Waals surface area contributed by atoms with Crippen LogP contribution >= 0.6 is 11.3 Å². The number of carbonyl (C=O) groups excluding carboxylic acids is 1. The molecular formula is C15H18FN3OS. The van der Waals surface area contributed by atoms with Gasteiger partial charge in [0.2, 0.25) is 5.91 Å². The van der Waals surface area contributed by atoms with Gasteiger partial charge in [0.15, 0.2) is 5.13 Å². The zero-order valence-corrected chi connectivity index (χ0v) is 12.7. The summed E-state index contributed by atoms with van der Waals surface area (Å²) < 4.78 is 13.1. The number of rotatable bonds is 7. The lowest BCUT2D eigenvalue weighted by Crippen LogP contribution is -2.14. The van der Waals surface area contributed by atoms with Crippen LogP contribution in [0.1, 0.15) is 23.3 Å². The largest absolute Gasteiger partial charge is 0.320 e. The van der Waals surface area contributed by atoms with Crippen LogP contribution in [-0.2, 0) is 11.2 Å². The molecule has 4 nitrogen and oxygen atoms in total. The first-order valence-electron chi connectivity index (χ1n) is 6.81. The average molecular weight is 307 g/mol. The molecule has 1 aromatic carbocycles. The molecule has 0 fully saturated rings. The van der Waals surface area contributed by atoms with Crippen LogP contribution in [0.2, 0.25) is 0 Å². The van der Waals surface area contributed by atoms with Gasteiger partial charge in [-0.1, -0.05) is 12.1 Å². The van der Waals surface area contributed by atoms with Gasteiger partial charge in [0.25, 0.3) is 0 Å². The first-order chi connectivity index (χ1) is 10.2.